The molecule has 0 spiro atoms. The Morgan fingerprint density at radius 2 is 2.33 bits per heavy atom. The fourth-order valence-corrected chi connectivity index (χ4v) is 1.67. The van der Waals surface area contributed by atoms with Gasteiger partial charge in [-0.05, 0) is 15.9 Å². The summed E-state index contributed by atoms with van der Waals surface area (Å²) in [6, 6.07) is 2.08. The Hall–Kier alpha value is -1.34. The molecule has 0 aliphatic heterocycles. The van der Waals surface area contributed by atoms with Crippen molar-refractivity contribution >= 4 is 26.8 Å². The second-order valence-electron chi connectivity index (χ2n) is 2.36. The number of rotatable bonds is 0. The van der Waals surface area contributed by atoms with Gasteiger partial charge in [-0.1, -0.05) is 0 Å². The van der Waals surface area contributed by atoms with E-state index in [1.807, 2.05) is 0 Å². The van der Waals surface area contributed by atoms with Crippen LogP contribution in [0.25, 0.3) is 10.9 Å². The number of nitrogens with one attached hydrogen (secondary N) is 1. The van der Waals surface area contributed by atoms with Gasteiger partial charge in [-0.2, -0.15) is 5.26 Å². The summed E-state index contributed by atoms with van der Waals surface area (Å²) in [5, 5.41) is 9.65. The van der Waals surface area contributed by atoms with Crippen molar-refractivity contribution in [2.75, 3.05) is 0 Å². The van der Waals surface area contributed by atoms with Crippen LogP contribution in [0.15, 0.2) is 23.1 Å². The lowest BCUT2D eigenvalue weighted by Crippen LogP contribution is -1.79. The average Bonchev–Trinajstić information content (AvgIpc) is 2.48. The first kappa shape index (κ1) is 7.32. The van der Waals surface area contributed by atoms with E-state index < -0.39 is 0 Å². The Morgan fingerprint density at radius 3 is 3.08 bits per heavy atom. The van der Waals surface area contributed by atoms with E-state index in [2.05, 4.69) is 32.0 Å². The number of pyridine rings is 1. The molecule has 58 valence electrons. The van der Waals surface area contributed by atoms with Crippen molar-refractivity contribution in [3.8, 4) is 6.07 Å². The number of halogens is 1. The monoisotopic (exact) mass is 221 g/mol. The van der Waals surface area contributed by atoms with E-state index in [9.17, 15) is 0 Å². The predicted octanol–water partition coefficient (Wildman–Crippen LogP) is 2.20. The van der Waals surface area contributed by atoms with Crippen LogP contribution >= 0.6 is 15.9 Å². The van der Waals surface area contributed by atoms with Crippen molar-refractivity contribution in [3.63, 3.8) is 0 Å². The van der Waals surface area contributed by atoms with Crippen molar-refractivity contribution in [1.82, 2.24) is 9.97 Å². The van der Waals surface area contributed by atoms with Gasteiger partial charge >= 0.3 is 0 Å². The lowest BCUT2D eigenvalue weighted by Gasteiger charge is -1.91. The van der Waals surface area contributed by atoms with E-state index >= 15 is 0 Å². The van der Waals surface area contributed by atoms with Gasteiger partial charge in [0.15, 0.2) is 0 Å². The molecular weight excluding hydrogens is 218 g/mol. The van der Waals surface area contributed by atoms with Gasteiger partial charge in [-0.3, -0.25) is 4.98 Å². The summed E-state index contributed by atoms with van der Waals surface area (Å²) in [6.45, 7) is 0. The van der Waals surface area contributed by atoms with Crippen molar-refractivity contribution in [1.29, 1.82) is 5.26 Å². The van der Waals surface area contributed by atoms with Gasteiger partial charge in [0.2, 0.25) is 0 Å². The van der Waals surface area contributed by atoms with E-state index in [4.69, 9.17) is 5.26 Å². The molecule has 3 nitrogen and oxygen atoms in total. The molecule has 0 saturated carbocycles. The fourth-order valence-electron chi connectivity index (χ4n) is 1.13. The minimum Gasteiger partial charge on any atom is -0.359 e. The van der Waals surface area contributed by atoms with Gasteiger partial charge in [0.25, 0.3) is 0 Å². The van der Waals surface area contributed by atoms with Crippen LogP contribution in [0.5, 0.6) is 0 Å². The molecule has 1 N–H and O–H groups in total. The molecule has 0 fully saturated rings. The van der Waals surface area contributed by atoms with Crippen LogP contribution in [-0.2, 0) is 0 Å². The number of hydrogen-bond donors (Lipinski definition) is 1. The summed E-state index contributed by atoms with van der Waals surface area (Å²) in [7, 11) is 0. The van der Waals surface area contributed by atoms with Crippen LogP contribution in [0.2, 0.25) is 0 Å². The number of H-pyrrole nitrogens is 1. The maximum absolute atomic E-state index is 8.75. The molecule has 2 rings (SSSR count). The molecule has 12 heavy (non-hydrogen) atoms. The first-order valence-corrected chi connectivity index (χ1v) is 4.13. The first-order valence-electron chi connectivity index (χ1n) is 3.33. The van der Waals surface area contributed by atoms with Gasteiger partial charge < -0.3 is 4.98 Å². The van der Waals surface area contributed by atoms with E-state index in [1.165, 1.54) is 0 Å². The highest BCUT2D eigenvalue weighted by molar-refractivity contribution is 9.10. The van der Waals surface area contributed by atoms with E-state index in [0.29, 0.717) is 5.56 Å². The minimum atomic E-state index is 0.584. The quantitative estimate of drug-likeness (QED) is 0.742. The SMILES string of the molecule is N#Cc1cncc2[nH]cc(Br)c12. The molecule has 0 aliphatic rings. The molecule has 2 aromatic rings. The summed E-state index contributed by atoms with van der Waals surface area (Å²) < 4.78 is 0.899. The van der Waals surface area contributed by atoms with E-state index in [1.54, 1.807) is 18.6 Å². The number of aromatic amines is 1. The molecule has 0 saturated heterocycles. The average molecular weight is 222 g/mol. The third kappa shape index (κ3) is 0.908. The standard InChI is InChI=1S/C8H4BrN3/c9-6-3-12-7-4-11-2-5(1-10)8(6)7/h2-4,12H. The summed E-state index contributed by atoms with van der Waals surface area (Å²) in [6.07, 6.45) is 5.05. The van der Waals surface area contributed by atoms with Gasteiger partial charge in [0.1, 0.15) is 6.07 Å². The molecule has 0 aliphatic carbocycles. The van der Waals surface area contributed by atoms with Crippen LogP contribution in [0.4, 0.5) is 0 Å². The summed E-state index contributed by atoms with van der Waals surface area (Å²) in [5.41, 5.74) is 1.46. The van der Waals surface area contributed by atoms with Crippen molar-refractivity contribution < 1.29 is 0 Å². The summed E-state index contributed by atoms with van der Waals surface area (Å²) in [5.74, 6) is 0. The van der Waals surface area contributed by atoms with Crippen LogP contribution in [0.3, 0.4) is 0 Å². The highest BCUT2D eigenvalue weighted by Crippen LogP contribution is 2.25. The number of nitrogens with zero attached hydrogens (tertiary/aromatic N) is 2. The lowest BCUT2D eigenvalue weighted by molar-refractivity contribution is 1.32. The molecule has 0 aromatic carbocycles. The third-order valence-corrected chi connectivity index (χ3v) is 2.29. The second-order valence-corrected chi connectivity index (χ2v) is 3.21. The molecule has 0 atom stereocenters. The maximum atomic E-state index is 8.75. The first-order chi connectivity index (χ1) is 5.83. The zero-order valence-electron chi connectivity index (χ0n) is 6.00. The Morgan fingerprint density at radius 1 is 1.50 bits per heavy atom. The van der Waals surface area contributed by atoms with Crippen molar-refractivity contribution in [2.24, 2.45) is 0 Å². The molecule has 2 heterocycles. The van der Waals surface area contributed by atoms with Crippen molar-refractivity contribution in [3.05, 3.63) is 28.6 Å². The number of nitriles is 1. The number of aromatic nitrogens is 2. The van der Waals surface area contributed by atoms with E-state index in [0.717, 1.165) is 15.4 Å². The number of fused-ring (bicyclic) bond motifs is 1. The Balaban J connectivity index is 2.96. The highest BCUT2D eigenvalue weighted by atomic mass is 79.9. The smallest absolute Gasteiger partial charge is 0.102 e. The van der Waals surface area contributed by atoms with Gasteiger partial charge in [-0.25, -0.2) is 0 Å². The van der Waals surface area contributed by atoms with Crippen LogP contribution in [0, 0.1) is 11.3 Å². The fraction of sp³-hybridized carbons (Fsp3) is 0. The third-order valence-electron chi connectivity index (χ3n) is 1.66. The Bertz CT molecular complexity index is 467. The molecule has 0 radical (unpaired) electrons. The lowest BCUT2D eigenvalue weighted by atomic mass is 10.2. The molecule has 2 aromatic heterocycles. The van der Waals surface area contributed by atoms with Gasteiger partial charge in [0.05, 0.1) is 17.3 Å². The van der Waals surface area contributed by atoms with Crippen LogP contribution < -0.4 is 0 Å². The normalized spacial score (nSPS) is 10.0. The van der Waals surface area contributed by atoms with E-state index in [-0.39, 0.29) is 0 Å². The molecule has 4 heteroatoms. The van der Waals surface area contributed by atoms with Gasteiger partial charge in [-0.15, -0.1) is 0 Å². The molecular formula is C8H4BrN3. The second kappa shape index (κ2) is 2.61. The van der Waals surface area contributed by atoms with Crippen molar-refractivity contribution in [2.45, 2.75) is 0 Å². The largest absolute Gasteiger partial charge is 0.359 e. The Kier molecular flexibility index (Phi) is 1.59. The molecule has 0 amide bonds. The zero-order valence-corrected chi connectivity index (χ0v) is 7.59. The minimum absolute atomic E-state index is 0.584. The summed E-state index contributed by atoms with van der Waals surface area (Å²) in [4.78, 5) is 6.92. The maximum Gasteiger partial charge on any atom is 0.102 e. The zero-order chi connectivity index (χ0) is 8.55. The van der Waals surface area contributed by atoms with Crippen LogP contribution in [0.1, 0.15) is 5.56 Å². The predicted molar refractivity (Wildman–Crippen MR) is 48.5 cm³/mol. The Labute approximate surface area is 77.2 Å². The summed E-state index contributed by atoms with van der Waals surface area (Å²) >= 11 is 3.35. The molecule has 0 unspecified atom stereocenters. The highest BCUT2D eigenvalue weighted by Gasteiger charge is 2.05. The van der Waals surface area contributed by atoms with Gasteiger partial charge in [0, 0.05) is 22.3 Å². The van der Waals surface area contributed by atoms with Crippen LogP contribution in [-0.4, -0.2) is 9.97 Å². The molecule has 0 bridgehead atoms. The number of hydrogen-bond acceptors (Lipinski definition) is 2. The topological polar surface area (TPSA) is 52.5 Å².